The fourth-order valence-corrected chi connectivity index (χ4v) is 3.57. The third kappa shape index (κ3) is 3.73. The normalized spacial score (nSPS) is 23.1. The summed E-state index contributed by atoms with van der Waals surface area (Å²) in [6.07, 6.45) is 5.32. The van der Waals surface area contributed by atoms with Crippen molar-refractivity contribution in [3.8, 4) is 5.75 Å². The molecule has 2 fully saturated rings. The van der Waals surface area contributed by atoms with Crippen molar-refractivity contribution in [2.24, 2.45) is 5.92 Å². The van der Waals surface area contributed by atoms with Crippen LogP contribution in [0.1, 0.15) is 36.0 Å². The van der Waals surface area contributed by atoms with Crippen molar-refractivity contribution in [2.75, 3.05) is 26.7 Å². The van der Waals surface area contributed by atoms with E-state index in [0.29, 0.717) is 5.56 Å². The molecule has 0 aromatic heterocycles. The maximum atomic E-state index is 11.4. The highest BCUT2D eigenvalue weighted by atomic mass is 35.5. The summed E-state index contributed by atoms with van der Waals surface area (Å²) in [4.78, 5) is 14.0. The number of halogens is 1. The minimum Gasteiger partial charge on any atom is -0.494 e. The van der Waals surface area contributed by atoms with Crippen LogP contribution in [0, 0.1) is 5.92 Å². The number of nitrogens with one attached hydrogen (secondary N) is 1. The molecule has 1 heterocycles. The molecule has 3 rings (SSSR count). The van der Waals surface area contributed by atoms with E-state index in [1.165, 1.54) is 25.8 Å². The third-order valence-corrected chi connectivity index (χ3v) is 4.76. The topological polar surface area (TPSA) is 41.6 Å². The lowest BCUT2D eigenvalue weighted by Crippen LogP contribution is -2.53. The molecule has 1 saturated heterocycles. The number of amides is 1. The maximum absolute atomic E-state index is 11.4. The van der Waals surface area contributed by atoms with Crippen molar-refractivity contribution in [3.63, 3.8) is 0 Å². The Morgan fingerprint density at radius 3 is 2.77 bits per heavy atom. The minimum atomic E-state index is -0.0644. The van der Waals surface area contributed by atoms with Crippen LogP contribution < -0.4 is 10.1 Å². The molecule has 1 aromatic rings. The molecule has 0 bridgehead atoms. The molecule has 1 saturated carbocycles. The number of ether oxygens (including phenoxy) is 1. The van der Waals surface area contributed by atoms with Gasteiger partial charge in [-0.05, 0) is 49.4 Å². The zero-order valence-electron chi connectivity index (χ0n) is 13.1. The van der Waals surface area contributed by atoms with E-state index >= 15 is 0 Å². The number of nitrogens with zero attached hydrogens (tertiary/aromatic N) is 1. The first-order valence-electron chi connectivity index (χ1n) is 7.97. The van der Waals surface area contributed by atoms with Crippen molar-refractivity contribution in [2.45, 2.75) is 31.7 Å². The van der Waals surface area contributed by atoms with E-state index in [9.17, 15) is 4.79 Å². The maximum Gasteiger partial charge on any atom is 0.251 e. The predicted octanol–water partition coefficient (Wildman–Crippen LogP) is 2.72. The minimum absolute atomic E-state index is 0. The third-order valence-electron chi connectivity index (χ3n) is 4.76. The van der Waals surface area contributed by atoms with Gasteiger partial charge in [-0.2, -0.15) is 0 Å². The van der Waals surface area contributed by atoms with E-state index in [4.69, 9.17) is 4.74 Å². The average molecular weight is 325 g/mol. The van der Waals surface area contributed by atoms with Gasteiger partial charge in [-0.15, -0.1) is 12.4 Å². The number of rotatable bonds is 6. The summed E-state index contributed by atoms with van der Waals surface area (Å²) in [5.41, 5.74) is 0.665. The van der Waals surface area contributed by atoms with Crippen molar-refractivity contribution < 1.29 is 9.53 Å². The van der Waals surface area contributed by atoms with E-state index in [-0.39, 0.29) is 18.3 Å². The Balaban J connectivity index is 0.00000176. The molecule has 4 nitrogen and oxygen atoms in total. The quantitative estimate of drug-likeness (QED) is 0.818. The standard InChI is InChI=1S/C17H24N2O2.ClH/c1-18-17(20)13-6-8-15(9-7-13)21-11-3-10-19-12-14-4-2-5-16(14)19;/h6-9,14,16H,2-5,10-12H2,1H3,(H,18,20);1H/t14-,16-;/m1./s1. The lowest BCUT2D eigenvalue weighted by atomic mass is 9.92. The van der Waals surface area contributed by atoms with Crippen LogP contribution in [0.3, 0.4) is 0 Å². The molecule has 122 valence electrons. The summed E-state index contributed by atoms with van der Waals surface area (Å²) in [6.45, 7) is 3.19. The molecule has 0 radical (unpaired) electrons. The molecule has 1 aliphatic heterocycles. The van der Waals surface area contributed by atoms with E-state index in [2.05, 4.69) is 10.2 Å². The van der Waals surface area contributed by atoms with Gasteiger partial charge >= 0.3 is 0 Å². The van der Waals surface area contributed by atoms with E-state index in [0.717, 1.165) is 37.3 Å². The molecular weight excluding hydrogens is 300 g/mol. The summed E-state index contributed by atoms with van der Waals surface area (Å²) in [7, 11) is 1.64. The molecule has 0 spiro atoms. The van der Waals surface area contributed by atoms with Gasteiger partial charge < -0.3 is 10.1 Å². The molecule has 2 aliphatic rings. The van der Waals surface area contributed by atoms with Crippen LogP contribution in [0.25, 0.3) is 0 Å². The summed E-state index contributed by atoms with van der Waals surface area (Å²) in [5.74, 6) is 1.76. The zero-order valence-corrected chi connectivity index (χ0v) is 13.9. The fourth-order valence-electron chi connectivity index (χ4n) is 3.57. The van der Waals surface area contributed by atoms with Gasteiger partial charge in [0.15, 0.2) is 0 Å². The predicted molar refractivity (Wildman–Crippen MR) is 89.9 cm³/mol. The van der Waals surface area contributed by atoms with Crippen LogP contribution in [-0.2, 0) is 0 Å². The second-order valence-electron chi connectivity index (χ2n) is 6.06. The van der Waals surface area contributed by atoms with Gasteiger partial charge in [0.1, 0.15) is 5.75 Å². The van der Waals surface area contributed by atoms with Gasteiger partial charge in [-0.3, -0.25) is 9.69 Å². The van der Waals surface area contributed by atoms with Crippen LogP contribution >= 0.6 is 12.4 Å². The van der Waals surface area contributed by atoms with Crippen LogP contribution in [0.2, 0.25) is 0 Å². The van der Waals surface area contributed by atoms with Crippen LogP contribution in [0.15, 0.2) is 24.3 Å². The monoisotopic (exact) mass is 324 g/mol. The molecule has 0 unspecified atom stereocenters. The van der Waals surface area contributed by atoms with Gasteiger partial charge in [0.25, 0.3) is 5.91 Å². The van der Waals surface area contributed by atoms with E-state index < -0.39 is 0 Å². The number of benzene rings is 1. The van der Waals surface area contributed by atoms with Crippen LogP contribution in [-0.4, -0.2) is 43.6 Å². The van der Waals surface area contributed by atoms with Crippen LogP contribution in [0.5, 0.6) is 5.75 Å². The van der Waals surface area contributed by atoms with Gasteiger partial charge in [0, 0.05) is 31.7 Å². The lowest BCUT2D eigenvalue weighted by molar-refractivity contribution is 0.0341. The van der Waals surface area contributed by atoms with Crippen molar-refractivity contribution >= 4 is 18.3 Å². The Bertz CT molecular complexity index is 492. The first kappa shape index (κ1) is 17.1. The average Bonchev–Trinajstić information content (AvgIpc) is 2.88. The summed E-state index contributed by atoms with van der Waals surface area (Å²) < 4.78 is 5.75. The molecule has 22 heavy (non-hydrogen) atoms. The summed E-state index contributed by atoms with van der Waals surface area (Å²) >= 11 is 0. The Labute approximate surface area is 138 Å². The number of fused-ring (bicyclic) bond motifs is 1. The van der Waals surface area contributed by atoms with Gasteiger partial charge in [-0.25, -0.2) is 0 Å². The smallest absolute Gasteiger partial charge is 0.251 e. The Morgan fingerprint density at radius 1 is 1.32 bits per heavy atom. The number of hydrogen-bond donors (Lipinski definition) is 1. The highest BCUT2D eigenvalue weighted by molar-refractivity contribution is 5.94. The Morgan fingerprint density at radius 2 is 2.09 bits per heavy atom. The molecule has 1 N–H and O–H groups in total. The second-order valence-corrected chi connectivity index (χ2v) is 6.06. The van der Waals surface area contributed by atoms with Crippen molar-refractivity contribution in [1.29, 1.82) is 0 Å². The Kier molecular flexibility index (Phi) is 6.09. The van der Waals surface area contributed by atoms with Gasteiger partial charge in [-0.1, -0.05) is 6.42 Å². The highest BCUT2D eigenvalue weighted by Crippen LogP contribution is 2.38. The SMILES string of the molecule is CNC(=O)c1ccc(OCCCN2C[C@H]3CCC[C@H]32)cc1.Cl. The van der Waals surface area contributed by atoms with Crippen molar-refractivity contribution in [3.05, 3.63) is 29.8 Å². The molecule has 1 aromatic carbocycles. The molecule has 1 aliphatic carbocycles. The largest absolute Gasteiger partial charge is 0.494 e. The van der Waals surface area contributed by atoms with Gasteiger partial charge in [0.05, 0.1) is 6.61 Å². The molecule has 2 atom stereocenters. The number of likely N-dealkylation sites (tertiary alicyclic amines) is 1. The summed E-state index contributed by atoms with van der Waals surface area (Å²) in [5, 5.41) is 2.61. The Hall–Kier alpha value is -1.26. The molecule has 5 heteroatoms. The first-order chi connectivity index (χ1) is 10.3. The van der Waals surface area contributed by atoms with E-state index in [1.54, 1.807) is 19.2 Å². The van der Waals surface area contributed by atoms with E-state index in [1.807, 2.05) is 12.1 Å². The zero-order chi connectivity index (χ0) is 14.7. The highest BCUT2D eigenvalue weighted by Gasteiger charge is 2.41. The first-order valence-corrected chi connectivity index (χ1v) is 7.97. The second kappa shape index (κ2) is 7.84. The summed E-state index contributed by atoms with van der Waals surface area (Å²) in [6, 6.07) is 8.19. The molecule has 1 amide bonds. The van der Waals surface area contributed by atoms with Gasteiger partial charge in [0.2, 0.25) is 0 Å². The fraction of sp³-hybridized carbons (Fsp3) is 0.588. The lowest BCUT2D eigenvalue weighted by Gasteiger charge is -2.44. The number of hydrogen-bond acceptors (Lipinski definition) is 3. The van der Waals surface area contributed by atoms with Crippen LogP contribution in [0.4, 0.5) is 0 Å². The van der Waals surface area contributed by atoms with Crippen molar-refractivity contribution in [1.82, 2.24) is 10.2 Å². The molecular formula is C17H25ClN2O2. The number of carbonyl (C=O) groups is 1. The number of carbonyl (C=O) groups excluding carboxylic acids is 1.